The zero-order chi connectivity index (χ0) is 13.1. The van der Waals surface area contributed by atoms with E-state index in [1.807, 2.05) is 17.9 Å². The molecule has 19 heavy (non-hydrogen) atoms. The van der Waals surface area contributed by atoms with Gasteiger partial charge in [0.25, 0.3) is 0 Å². The molecule has 2 saturated heterocycles. The van der Waals surface area contributed by atoms with Gasteiger partial charge in [-0.1, -0.05) is 0 Å². The summed E-state index contributed by atoms with van der Waals surface area (Å²) < 4.78 is 1.90. The molecule has 3 rings (SSSR count). The first-order valence-electron chi connectivity index (χ1n) is 7.72. The van der Waals surface area contributed by atoms with E-state index in [2.05, 4.69) is 21.5 Å². The molecule has 0 saturated carbocycles. The predicted molar refractivity (Wildman–Crippen MR) is 76.8 cm³/mol. The van der Waals surface area contributed by atoms with Gasteiger partial charge < -0.3 is 5.32 Å². The van der Waals surface area contributed by atoms with Gasteiger partial charge in [0.1, 0.15) is 0 Å². The number of rotatable bonds is 3. The maximum Gasteiger partial charge on any atom is 0.0534 e. The van der Waals surface area contributed by atoms with E-state index in [1.54, 1.807) is 0 Å². The van der Waals surface area contributed by atoms with Gasteiger partial charge in [-0.2, -0.15) is 5.10 Å². The molecular weight excluding hydrogens is 236 g/mol. The summed E-state index contributed by atoms with van der Waals surface area (Å²) in [6, 6.07) is 0. The highest BCUT2D eigenvalue weighted by Gasteiger charge is 2.27. The highest BCUT2D eigenvalue weighted by molar-refractivity contribution is 5.03. The van der Waals surface area contributed by atoms with E-state index in [0.29, 0.717) is 0 Å². The van der Waals surface area contributed by atoms with Crippen molar-refractivity contribution in [3.63, 3.8) is 0 Å². The number of aromatic nitrogens is 2. The minimum atomic E-state index is 0.979. The summed E-state index contributed by atoms with van der Waals surface area (Å²) in [5.41, 5.74) is 1.35. The van der Waals surface area contributed by atoms with Crippen LogP contribution in [0.4, 0.5) is 0 Å². The van der Waals surface area contributed by atoms with Crippen LogP contribution in [-0.4, -0.2) is 40.9 Å². The second kappa shape index (κ2) is 6.06. The summed E-state index contributed by atoms with van der Waals surface area (Å²) in [5, 5.41) is 7.73. The topological polar surface area (TPSA) is 33.1 Å². The smallest absolute Gasteiger partial charge is 0.0534 e. The first-order valence-corrected chi connectivity index (χ1v) is 7.72. The van der Waals surface area contributed by atoms with Crippen molar-refractivity contribution < 1.29 is 0 Å². The first-order chi connectivity index (χ1) is 9.31. The predicted octanol–water partition coefficient (Wildman–Crippen LogP) is 1.63. The van der Waals surface area contributed by atoms with Crippen LogP contribution in [0.3, 0.4) is 0 Å². The first kappa shape index (κ1) is 13.1. The van der Waals surface area contributed by atoms with Gasteiger partial charge in [0.05, 0.1) is 6.20 Å². The second-order valence-electron chi connectivity index (χ2n) is 6.22. The zero-order valence-corrected chi connectivity index (χ0v) is 12.0. The van der Waals surface area contributed by atoms with E-state index in [-0.39, 0.29) is 0 Å². The van der Waals surface area contributed by atoms with Crippen LogP contribution < -0.4 is 5.32 Å². The number of piperidine rings is 2. The van der Waals surface area contributed by atoms with Crippen molar-refractivity contribution in [2.24, 2.45) is 18.9 Å². The van der Waals surface area contributed by atoms with Crippen molar-refractivity contribution in [3.8, 4) is 0 Å². The van der Waals surface area contributed by atoms with Gasteiger partial charge in [-0.15, -0.1) is 0 Å². The molecule has 0 atom stereocenters. The SMILES string of the molecule is Cn1cc(CN2CCC(C3CCNCC3)CC2)cn1. The minimum Gasteiger partial charge on any atom is -0.317 e. The molecular formula is C15H26N4. The minimum absolute atomic E-state index is 0.979. The molecule has 0 unspecified atom stereocenters. The number of hydrogen-bond donors (Lipinski definition) is 1. The molecule has 1 N–H and O–H groups in total. The summed E-state index contributed by atoms with van der Waals surface area (Å²) in [6.45, 7) is 6.08. The Kier molecular flexibility index (Phi) is 4.18. The van der Waals surface area contributed by atoms with Crippen LogP contribution in [-0.2, 0) is 13.6 Å². The van der Waals surface area contributed by atoms with E-state index in [1.165, 1.54) is 57.4 Å². The van der Waals surface area contributed by atoms with Gasteiger partial charge >= 0.3 is 0 Å². The molecule has 1 aromatic heterocycles. The highest BCUT2D eigenvalue weighted by Crippen LogP contribution is 2.31. The third-order valence-electron chi connectivity index (χ3n) is 4.85. The van der Waals surface area contributed by atoms with Crippen LogP contribution >= 0.6 is 0 Å². The molecule has 4 heteroatoms. The van der Waals surface area contributed by atoms with Gasteiger partial charge in [0, 0.05) is 25.4 Å². The third kappa shape index (κ3) is 3.37. The Balaban J connectivity index is 1.46. The van der Waals surface area contributed by atoms with E-state index < -0.39 is 0 Å². The molecule has 4 nitrogen and oxygen atoms in total. The Morgan fingerprint density at radius 1 is 1.16 bits per heavy atom. The van der Waals surface area contributed by atoms with Crippen molar-refractivity contribution in [2.75, 3.05) is 26.2 Å². The van der Waals surface area contributed by atoms with Crippen molar-refractivity contribution in [3.05, 3.63) is 18.0 Å². The molecule has 0 aliphatic carbocycles. The highest BCUT2D eigenvalue weighted by atomic mass is 15.2. The fourth-order valence-corrected chi connectivity index (χ4v) is 3.71. The van der Waals surface area contributed by atoms with Crippen LogP contribution in [0, 0.1) is 11.8 Å². The summed E-state index contributed by atoms with van der Waals surface area (Å²) >= 11 is 0. The Hall–Kier alpha value is -0.870. The van der Waals surface area contributed by atoms with Crippen molar-refractivity contribution in [1.82, 2.24) is 20.0 Å². The van der Waals surface area contributed by atoms with E-state index in [0.717, 1.165) is 18.4 Å². The lowest BCUT2D eigenvalue weighted by Gasteiger charge is -2.37. The largest absolute Gasteiger partial charge is 0.317 e. The fraction of sp³-hybridized carbons (Fsp3) is 0.800. The summed E-state index contributed by atoms with van der Waals surface area (Å²) in [6.07, 6.45) is 9.72. The zero-order valence-electron chi connectivity index (χ0n) is 12.0. The maximum absolute atomic E-state index is 4.25. The summed E-state index contributed by atoms with van der Waals surface area (Å²) in [7, 11) is 1.99. The Morgan fingerprint density at radius 3 is 2.47 bits per heavy atom. The average molecular weight is 262 g/mol. The van der Waals surface area contributed by atoms with Crippen molar-refractivity contribution in [1.29, 1.82) is 0 Å². The van der Waals surface area contributed by atoms with Crippen LogP contribution in [0.1, 0.15) is 31.2 Å². The van der Waals surface area contributed by atoms with Gasteiger partial charge in [0.15, 0.2) is 0 Å². The summed E-state index contributed by atoms with van der Waals surface area (Å²) in [5.74, 6) is 1.97. The maximum atomic E-state index is 4.25. The lowest BCUT2D eigenvalue weighted by molar-refractivity contribution is 0.126. The molecule has 3 heterocycles. The van der Waals surface area contributed by atoms with Crippen molar-refractivity contribution >= 4 is 0 Å². The van der Waals surface area contributed by atoms with Crippen molar-refractivity contribution in [2.45, 2.75) is 32.2 Å². The lowest BCUT2D eigenvalue weighted by atomic mass is 9.79. The van der Waals surface area contributed by atoms with Gasteiger partial charge in [-0.05, 0) is 63.7 Å². The lowest BCUT2D eigenvalue weighted by Crippen LogP contribution is -2.39. The normalized spacial score (nSPS) is 23.8. The molecule has 2 fully saturated rings. The molecule has 0 amide bonds. The van der Waals surface area contributed by atoms with Crippen LogP contribution in [0.25, 0.3) is 0 Å². The Labute approximate surface area is 116 Å². The van der Waals surface area contributed by atoms with Gasteiger partial charge in [-0.25, -0.2) is 0 Å². The summed E-state index contributed by atoms with van der Waals surface area (Å²) in [4.78, 5) is 2.59. The monoisotopic (exact) mass is 262 g/mol. The molecule has 1 aromatic rings. The Bertz CT molecular complexity index is 387. The van der Waals surface area contributed by atoms with Gasteiger partial charge in [0.2, 0.25) is 0 Å². The third-order valence-corrected chi connectivity index (χ3v) is 4.85. The Morgan fingerprint density at radius 2 is 1.84 bits per heavy atom. The van der Waals surface area contributed by atoms with E-state index >= 15 is 0 Å². The number of nitrogens with zero attached hydrogens (tertiary/aromatic N) is 3. The fourth-order valence-electron chi connectivity index (χ4n) is 3.71. The molecule has 0 bridgehead atoms. The van der Waals surface area contributed by atoms with Gasteiger partial charge in [-0.3, -0.25) is 9.58 Å². The average Bonchev–Trinajstić information content (AvgIpc) is 2.86. The standard InChI is InChI=1S/C15H26N4/c1-18-11-13(10-17-18)12-19-8-4-15(5-9-19)14-2-6-16-7-3-14/h10-11,14-16H,2-9,12H2,1H3. The van der Waals surface area contributed by atoms with Crippen LogP contribution in [0.5, 0.6) is 0 Å². The molecule has 0 aromatic carbocycles. The number of aryl methyl sites for hydroxylation is 1. The number of hydrogen-bond acceptors (Lipinski definition) is 3. The molecule has 106 valence electrons. The second-order valence-corrected chi connectivity index (χ2v) is 6.22. The van der Waals surface area contributed by atoms with E-state index in [9.17, 15) is 0 Å². The number of likely N-dealkylation sites (tertiary alicyclic amines) is 1. The molecule has 2 aliphatic rings. The molecule has 0 radical (unpaired) electrons. The van der Waals surface area contributed by atoms with E-state index in [4.69, 9.17) is 0 Å². The number of nitrogens with one attached hydrogen (secondary N) is 1. The molecule has 2 aliphatic heterocycles. The molecule has 0 spiro atoms. The quantitative estimate of drug-likeness (QED) is 0.899. The van der Waals surface area contributed by atoms with Crippen LogP contribution in [0.2, 0.25) is 0 Å². The van der Waals surface area contributed by atoms with Crippen LogP contribution in [0.15, 0.2) is 12.4 Å².